The number of hydrogen-bond acceptors (Lipinski definition) is 3. The Morgan fingerprint density at radius 3 is 2.35 bits per heavy atom. The van der Waals surface area contributed by atoms with Crippen LogP contribution in [-0.4, -0.2) is 34.8 Å². The summed E-state index contributed by atoms with van der Waals surface area (Å²) in [5, 5.41) is 5.59. The third-order valence-electron chi connectivity index (χ3n) is 5.01. The highest BCUT2D eigenvalue weighted by Crippen LogP contribution is 2.29. The molecule has 6 heteroatoms. The maximum Gasteiger partial charge on any atom is 0.325 e. The summed E-state index contributed by atoms with van der Waals surface area (Å²) in [4.78, 5) is 38.4. The van der Waals surface area contributed by atoms with E-state index in [0.717, 1.165) is 24.2 Å². The van der Waals surface area contributed by atoms with Crippen molar-refractivity contribution in [3.63, 3.8) is 0 Å². The van der Waals surface area contributed by atoms with Crippen LogP contribution in [0.1, 0.15) is 58.6 Å². The molecule has 2 rings (SSSR count). The lowest BCUT2D eigenvalue weighted by Crippen LogP contribution is -2.49. The molecular weight excluding hydrogens is 330 g/mol. The van der Waals surface area contributed by atoms with Gasteiger partial charge in [0.25, 0.3) is 5.91 Å². The molecule has 1 unspecified atom stereocenters. The van der Waals surface area contributed by atoms with Gasteiger partial charge in [0.15, 0.2) is 0 Å². The van der Waals surface area contributed by atoms with Crippen LogP contribution in [0.3, 0.4) is 0 Å². The molecule has 26 heavy (non-hydrogen) atoms. The van der Waals surface area contributed by atoms with Crippen molar-refractivity contribution in [2.24, 2.45) is 0 Å². The van der Waals surface area contributed by atoms with Crippen molar-refractivity contribution in [1.29, 1.82) is 0 Å². The fourth-order valence-electron chi connectivity index (χ4n) is 2.98. The molecule has 1 aliphatic heterocycles. The first-order valence-corrected chi connectivity index (χ1v) is 9.17. The molecule has 1 aliphatic rings. The van der Waals surface area contributed by atoms with E-state index in [9.17, 15) is 14.4 Å². The van der Waals surface area contributed by atoms with Crippen LogP contribution in [0.5, 0.6) is 0 Å². The Labute approximate surface area is 155 Å². The maximum absolute atomic E-state index is 12.9. The quantitative estimate of drug-likeness (QED) is 0.735. The molecule has 0 aliphatic carbocycles. The molecule has 2 N–H and O–H groups in total. The number of aryl methyl sites for hydroxylation is 1. The number of nitrogens with one attached hydrogen (secondary N) is 2. The molecule has 1 fully saturated rings. The van der Waals surface area contributed by atoms with Gasteiger partial charge in [-0.15, -0.1) is 0 Å². The summed E-state index contributed by atoms with van der Waals surface area (Å²) in [6.45, 7) is 9.27. The summed E-state index contributed by atoms with van der Waals surface area (Å²) < 4.78 is 0. The molecule has 4 amide bonds. The van der Waals surface area contributed by atoms with Gasteiger partial charge in [-0.2, -0.15) is 0 Å². The Bertz CT molecular complexity index is 697. The van der Waals surface area contributed by atoms with Gasteiger partial charge < -0.3 is 10.6 Å². The standard InChI is InChI=1S/C20H29N3O3/c1-6-8-14-9-11-15(12-10-14)20(5)17(25)23(18(26)22-20)13-16(24)21-19(3,4)7-2/h9-12H,6-8,13H2,1-5H3,(H,21,24)(H,22,26). The molecule has 1 saturated heterocycles. The second-order valence-electron chi connectivity index (χ2n) is 7.68. The SMILES string of the molecule is CCCc1ccc(C2(C)NC(=O)N(CC(=O)NC(C)(C)CC)C2=O)cc1. The fraction of sp³-hybridized carbons (Fsp3) is 0.550. The van der Waals surface area contributed by atoms with Gasteiger partial charge >= 0.3 is 6.03 Å². The van der Waals surface area contributed by atoms with Crippen LogP contribution in [0.2, 0.25) is 0 Å². The Hall–Kier alpha value is -2.37. The molecular formula is C20H29N3O3. The zero-order valence-electron chi connectivity index (χ0n) is 16.3. The second-order valence-corrected chi connectivity index (χ2v) is 7.68. The van der Waals surface area contributed by atoms with Crippen molar-refractivity contribution in [3.8, 4) is 0 Å². The predicted octanol–water partition coefficient (Wildman–Crippen LogP) is 2.71. The molecule has 0 saturated carbocycles. The van der Waals surface area contributed by atoms with E-state index in [1.807, 2.05) is 45.0 Å². The summed E-state index contributed by atoms with van der Waals surface area (Å²) in [6, 6.07) is 7.14. The zero-order chi connectivity index (χ0) is 19.5. The number of imide groups is 1. The van der Waals surface area contributed by atoms with Crippen LogP contribution < -0.4 is 10.6 Å². The second kappa shape index (κ2) is 7.48. The van der Waals surface area contributed by atoms with Crippen LogP contribution in [0, 0.1) is 0 Å². The lowest BCUT2D eigenvalue weighted by Gasteiger charge is -2.26. The number of benzene rings is 1. The molecule has 1 aromatic carbocycles. The van der Waals surface area contributed by atoms with Gasteiger partial charge in [-0.05, 0) is 44.7 Å². The van der Waals surface area contributed by atoms with E-state index in [4.69, 9.17) is 0 Å². The molecule has 1 atom stereocenters. The van der Waals surface area contributed by atoms with Crippen molar-refractivity contribution in [1.82, 2.24) is 15.5 Å². The van der Waals surface area contributed by atoms with E-state index < -0.39 is 17.5 Å². The van der Waals surface area contributed by atoms with Crippen molar-refractivity contribution in [2.45, 2.75) is 65.0 Å². The van der Waals surface area contributed by atoms with Crippen molar-refractivity contribution < 1.29 is 14.4 Å². The lowest BCUT2D eigenvalue weighted by atomic mass is 9.91. The van der Waals surface area contributed by atoms with Crippen molar-refractivity contribution >= 4 is 17.8 Å². The van der Waals surface area contributed by atoms with E-state index in [1.165, 1.54) is 5.56 Å². The first-order valence-electron chi connectivity index (χ1n) is 9.17. The first-order chi connectivity index (χ1) is 12.1. The van der Waals surface area contributed by atoms with E-state index in [-0.39, 0.29) is 18.0 Å². The zero-order valence-corrected chi connectivity index (χ0v) is 16.3. The monoisotopic (exact) mass is 359 g/mol. The number of carbonyl (C=O) groups is 3. The topological polar surface area (TPSA) is 78.5 Å². The van der Waals surface area contributed by atoms with Crippen LogP contribution >= 0.6 is 0 Å². The van der Waals surface area contributed by atoms with Gasteiger partial charge in [-0.1, -0.05) is 44.5 Å². The van der Waals surface area contributed by atoms with E-state index >= 15 is 0 Å². The Morgan fingerprint density at radius 2 is 1.81 bits per heavy atom. The van der Waals surface area contributed by atoms with Gasteiger partial charge in [0.2, 0.25) is 5.91 Å². The van der Waals surface area contributed by atoms with Gasteiger partial charge in [0.05, 0.1) is 0 Å². The molecule has 1 heterocycles. The van der Waals surface area contributed by atoms with Crippen LogP contribution in [0.25, 0.3) is 0 Å². The summed E-state index contributed by atoms with van der Waals surface area (Å²) >= 11 is 0. The van der Waals surface area contributed by atoms with Gasteiger partial charge in [-0.3, -0.25) is 14.5 Å². The maximum atomic E-state index is 12.9. The Morgan fingerprint density at radius 1 is 1.19 bits per heavy atom. The smallest absolute Gasteiger partial charge is 0.325 e. The lowest BCUT2D eigenvalue weighted by molar-refractivity contribution is -0.135. The molecule has 1 aromatic rings. The highest BCUT2D eigenvalue weighted by molar-refractivity contribution is 6.09. The summed E-state index contributed by atoms with van der Waals surface area (Å²) in [5.41, 5.74) is 0.374. The number of urea groups is 1. The average Bonchev–Trinajstić information content (AvgIpc) is 2.79. The predicted molar refractivity (Wildman–Crippen MR) is 101 cm³/mol. The normalized spacial score (nSPS) is 20.3. The van der Waals surface area contributed by atoms with Gasteiger partial charge in [-0.25, -0.2) is 4.79 Å². The van der Waals surface area contributed by atoms with Crippen LogP contribution in [0.4, 0.5) is 4.79 Å². The van der Waals surface area contributed by atoms with Crippen LogP contribution in [-0.2, 0) is 21.5 Å². The number of carbonyl (C=O) groups excluding carboxylic acids is 3. The van der Waals surface area contributed by atoms with Gasteiger partial charge in [0.1, 0.15) is 12.1 Å². The van der Waals surface area contributed by atoms with Crippen molar-refractivity contribution in [3.05, 3.63) is 35.4 Å². The van der Waals surface area contributed by atoms with E-state index in [2.05, 4.69) is 17.6 Å². The number of nitrogens with zero attached hydrogens (tertiary/aromatic N) is 1. The Kier molecular flexibility index (Phi) is 5.74. The highest BCUT2D eigenvalue weighted by atomic mass is 16.2. The van der Waals surface area contributed by atoms with Crippen LogP contribution in [0.15, 0.2) is 24.3 Å². The summed E-state index contributed by atoms with van der Waals surface area (Å²) in [6.07, 6.45) is 2.76. The molecule has 0 bridgehead atoms. The molecule has 6 nitrogen and oxygen atoms in total. The summed E-state index contributed by atoms with van der Waals surface area (Å²) in [7, 11) is 0. The third-order valence-corrected chi connectivity index (χ3v) is 5.01. The minimum Gasteiger partial charge on any atom is -0.350 e. The fourth-order valence-corrected chi connectivity index (χ4v) is 2.98. The molecule has 0 aromatic heterocycles. The van der Waals surface area contributed by atoms with Gasteiger partial charge in [0, 0.05) is 5.54 Å². The Balaban J connectivity index is 2.15. The third kappa shape index (κ3) is 4.06. The molecule has 0 spiro atoms. The molecule has 0 radical (unpaired) electrons. The first kappa shape index (κ1) is 19.9. The highest BCUT2D eigenvalue weighted by Gasteiger charge is 2.49. The largest absolute Gasteiger partial charge is 0.350 e. The molecule has 142 valence electrons. The number of amides is 4. The minimum absolute atomic E-state index is 0.280. The number of rotatable bonds is 7. The van der Waals surface area contributed by atoms with Crippen molar-refractivity contribution in [2.75, 3.05) is 6.54 Å². The number of hydrogen-bond donors (Lipinski definition) is 2. The minimum atomic E-state index is -1.15. The van der Waals surface area contributed by atoms with E-state index in [0.29, 0.717) is 5.56 Å². The average molecular weight is 359 g/mol. The summed E-state index contributed by atoms with van der Waals surface area (Å²) in [5.74, 6) is -0.752. The van der Waals surface area contributed by atoms with E-state index in [1.54, 1.807) is 6.92 Å².